The molecule has 1 aromatic rings. The molecule has 6 heteroatoms. The van der Waals surface area contributed by atoms with Crippen LogP contribution < -0.4 is 10.6 Å². The van der Waals surface area contributed by atoms with Crippen LogP contribution in [0.5, 0.6) is 0 Å². The second-order valence-corrected chi connectivity index (χ2v) is 9.49. The maximum absolute atomic E-state index is 5.52. The first-order chi connectivity index (χ1) is 13.7. The lowest BCUT2D eigenvalue weighted by Crippen LogP contribution is -2.50. The van der Waals surface area contributed by atoms with Crippen molar-refractivity contribution in [2.24, 2.45) is 10.9 Å². The van der Waals surface area contributed by atoms with Crippen LogP contribution in [0.4, 0.5) is 0 Å². The summed E-state index contributed by atoms with van der Waals surface area (Å²) in [4.78, 5) is 7.09. The van der Waals surface area contributed by atoms with Gasteiger partial charge in [0.15, 0.2) is 5.96 Å². The van der Waals surface area contributed by atoms with Crippen LogP contribution in [0.2, 0.25) is 0 Å². The minimum atomic E-state index is 0.254. The number of halogens is 1. The Morgan fingerprint density at radius 3 is 2.68 bits per heavy atom. The molecule has 2 saturated heterocycles. The van der Waals surface area contributed by atoms with Crippen LogP contribution in [0.15, 0.2) is 33.7 Å². The zero-order valence-corrected chi connectivity index (χ0v) is 18.5. The van der Waals surface area contributed by atoms with Gasteiger partial charge in [-0.3, -0.25) is 4.99 Å². The largest absolute Gasteiger partial charge is 0.381 e. The lowest BCUT2D eigenvalue weighted by molar-refractivity contribution is 0.150. The smallest absolute Gasteiger partial charge is 0.191 e. The third-order valence-electron chi connectivity index (χ3n) is 6.59. The Kier molecular flexibility index (Phi) is 6.59. The molecule has 0 radical (unpaired) electrons. The van der Waals surface area contributed by atoms with Crippen molar-refractivity contribution in [1.82, 2.24) is 15.5 Å². The van der Waals surface area contributed by atoms with Gasteiger partial charge in [0.1, 0.15) is 0 Å². The lowest BCUT2D eigenvalue weighted by atomic mass is 9.96. The predicted molar refractivity (Wildman–Crippen MR) is 118 cm³/mol. The topological polar surface area (TPSA) is 48.9 Å². The quantitative estimate of drug-likeness (QED) is 0.518. The number of aliphatic imine (C=N–C) groups is 1. The van der Waals surface area contributed by atoms with Crippen LogP contribution in [0.1, 0.15) is 37.7 Å². The monoisotopic (exact) mass is 448 g/mol. The van der Waals surface area contributed by atoms with E-state index in [-0.39, 0.29) is 5.41 Å². The van der Waals surface area contributed by atoms with Gasteiger partial charge < -0.3 is 20.3 Å². The van der Waals surface area contributed by atoms with Gasteiger partial charge in [0.25, 0.3) is 0 Å². The average molecular weight is 449 g/mol. The van der Waals surface area contributed by atoms with E-state index in [1.165, 1.54) is 61.8 Å². The maximum atomic E-state index is 5.52. The molecule has 1 atom stereocenters. The molecule has 1 aromatic carbocycles. The second kappa shape index (κ2) is 9.14. The molecular weight excluding hydrogens is 416 g/mol. The van der Waals surface area contributed by atoms with Crippen LogP contribution in [-0.2, 0) is 10.2 Å². The number of rotatable bonds is 6. The van der Waals surface area contributed by atoms with Gasteiger partial charge in [0.2, 0.25) is 0 Å². The molecule has 1 unspecified atom stereocenters. The maximum Gasteiger partial charge on any atom is 0.191 e. The number of likely N-dealkylation sites (tertiary alicyclic amines) is 1. The number of ether oxygens (including phenoxy) is 1. The zero-order chi connectivity index (χ0) is 19.4. The van der Waals surface area contributed by atoms with Gasteiger partial charge in [-0.05, 0) is 49.7 Å². The molecule has 0 amide bonds. The minimum Gasteiger partial charge on any atom is -0.381 e. The van der Waals surface area contributed by atoms with E-state index in [0.29, 0.717) is 6.04 Å². The fourth-order valence-corrected chi connectivity index (χ4v) is 5.28. The summed E-state index contributed by atoms with van der Waals surface area (Å²) in [5.74, 6) is 1.69. The van der Waals surface area contributed by atoms with Crippen molar-refractivity contribution in [2.45, 2.75) is 43.6 Å². The molecule has 154 valence electrons. The normalized spacial score (nSPS) is 25.6. The Balaban J connectivity index is 1.23. The molecule has 4 rings (SSSR count). The Labute approximate surface area is 177 Å². The van der Waals surface area contributed by atoms with Crippen LogP contribution in [0.3, 0.4) is 0 Å². The van der Waals surface area contributed by atoms with Gasteiger partial charge in [-0.2, -0.15) is 0 Å². The average Bonchev–Trinajstić information content (AvgIpc) is 3.33. The van der Waals surface area contributed by atoms with Crippen LogP contribution in [0.25, 0.3) is 0 Å². The van der Waals surface area contributed by atoms with Gasteiger partial charge in [0, 0.05) is 55.8 Å². The molecular formula is C22H33BrN4O. The molecule has 3 aliphatic rings. The van der Waals surface area contributed by atoms with Gasteiger partial charge in [-0.1, -0.05) is 34.1 Å². The Hall–Kier alpha value is -1.11. The van der Waals surface area contributed by atoms with Crippen LogP contribution in [-0.4, -0.2) is 63.3 Å². The van der Waals surface area contributed by atoms with Crippen molar-refractivity contribution in [3.8, 4) is 0 Å². The SMILES string of the molecule is CN=C(NCC1(c2ccccc2Br)CC1)NC1CCN(CC2CCOC2)CC1. The molecule has 2 aliphatic heterocycles. The molecule has 0 spiro atoms. The number of guanidine groups is 1. The first-order valence-electron chi connectivity index (χ1n) is 10.7. The number of hydrogen-bond donors (Lipinski definition) is 2. The summed E-state index contributed by atoms with van der Waals surface area (Å²) in [5.41, 5.74) is 1.67. The number of piperidine rings is 1. The van der Waals surface area contributed by atoms with Crippen LogP contribution in [0, 0.1) is 5.92 Å². The van der Waals surface area contributed by atoms with E-state index >= 15 is 0 Å². The van der Waals surface area contributed by atoms with E-state index in [1.54, 1.807) is 0 Å². The molecule has 1 aliphatic carbocycles. The highest BCUT2D eigenvalue weighted by Crippen LogP contribution is 2.49. The number of hydrogen-bond acceptors (Lipinski definition) is 3. The fraction of sp³-hybridized carbons (Fsp3) is 0.682. The van der Waals surface area contributed by atoms with Crippen molar-refractivity contribution in [2.75, 3.05) is 46.4 Å². The molecule has 2 N–H and O–H groups in total. The van der Waals surface area contributed by atoms with Crippen molar-refractivity contribution < 1.29 is 4.74 Å². The summed E-state index contributed by atoms with van der Waals surface area (Å²) in [6.45, 7) is 6.39. The summed E-state index contributed by atoms with van der Waals surface area (Å²) in [7, 11) is 1.88. The first kappa shape index (κ1) is 20.2. The van der Waals surface area contributed by atoms with E-state index < -0.39 is 0 Å². The van der Waals surface area contributed by atoms with Gasteiger partial charge in [-0.15, -0.1) is 0 Å². The van der Waals surface area contributed by atoms with Crippen molar-refractivity contribution >= 4 is 21.9 Å². The van der Waals surface area contributed by atoms with Crippen molar-refractivity contribution in [3.63, 3.8) is 0 Å². The summed E-state index contributed by atoms with van der Waals surface area (Å²) in [6, 6.07) is 9.14. The van der Waals surface area contributed by atoms with E-state index in [4.69, 9.17) is 4.74 Å². The van der Waals surface area contributed by atoms with E-state index in [9.17, 15) is 0 Å². The van der Waals surface area contributed by atoms with Crippen LogP contribution >= 0.6 is 15.9 Å². The molecule has 2 heterocycles. The molecule has 3 fully saturated rings. The highest BCUT2D eigenvalue weighted by atomic mass is 79.9. The number of benzene rings is 1. The zero-order valence-electron chi connectivity index (χ0n) is 16.9. The Morgan fingerprint density at radius 2 is 2.04 bits per heavy atom. The van der Waals surface area contributed by atoms with Gasteiger partial charge >= 0.3 is 0 Å². The summed E-state index contributed by atoms with van der Waals surface area (Å²) in [6.07, 6.45) is 6.08. The molecule has 5 nitrogen and oxygen atoms in total. The highest BCUT2D eigenvalue weighted by molar-refractivity contribution is 9.10. The summed E-state index contributed by atoms with van der Waals surface area (Å²) in [5, 5.41) is 7.27. The number of nitrogens with zero attached hydrogens (tertiary/aromatic N) is 2. The molecule has 0 bridgehead atoms. The standard InChI is InChI=1S/C22H33BrN4O/c1-24-21(25-16-22(9-10-22)19-4-2-3-5-20(19)23)26-18-6-11-27(12-7-18)14-17-8-13-28-15-17/h2-5,17-18H,6-16H2,1H3,(H2,24,25,26). The van der Waals surface area contributed by atoms with E-state index in [0.717, 1.165) is 31.6 Å². The van der Waals surface area contributed by atoms with E-state index in [1.807, 2.05) is 7.05 Å². The number of nitrogens with one attached hydrogen (secondary N) is 2. The summed E-state index contributed by atoms with van der Waals surface area (Å²) < 4.78 is 6.74. The summed E-state index contributed by atoms with van der Waals surface area (Å²) >= 11 is 3.73. The molecule has 0 aromatic heterocycles. The van der Waals surface area contributed by atoms with Crippen molar-refractivity contribution in [3.05, 3.63) is 34.3 Å². The second-order valence-electron chi connectivity index (χ2n) is 8.63. The molecule has 28 heavy (non-hydrogen) atoms. The highest BCUT2D eigenvalue weighted by Gasteiger charge is 2.45. The van der Waals surface area contributed by atoms with Crippen molar-refractivity contribution in [1.29, 1.82) is 0 Å². The minimum absolute atomic E-state index is 0.254. The van der Waals surface area contributed by atoms with Gasteiger partial charge in [-0.25, -0.2) is 0 Å². The lowest BCUT2D eigenvalue weighted by Gasteiger charge is -2.34. The third-order valence-corrected chi connectivity index (χ3v) is 7.28. The Morgan fingerprint density at radius 1 is 1.25 bits per heavy atom. The van der Waals surface area contributed by atoms with E-state index in [2.05, 4.69) is 60.7 Å². The van der Waals surface area contributed by atoms with Gasteiger partial charge in [0.05, 0.1) is 6.61 Å². The first-order valence-corrected chi connectivity index (χ1v) is 11.5. The Bertz CT molecular complexity index is 677. The molecule has 1 saturated carbocycles. The fourth-order valence-electron chi connectivity index (χ4n) is 4.58. The predicted octanol–water partition coefficient (Wildman–Crippen LogP) is 3.15. The third kappa shape index (κ3) is 4.89.